The highest BCUT2D eigenvalue weighted by Gasteiger charge is 2.24. The quantitative estimate of drug-likeness (QED) is 0.779. The first-order valence-corrected chi connectivity index (χ1v) is 7.76. The van der Waals surface area contributed by atoms with Crippen LogP contribution in [0.15, 0.2) is 23.1 Å². The summed E-state index contributed by atoms with van der Waals surface area (Å²) in [5.41, 5.74) is 0.0286. The van der Waals surface area contributed by atoms with Gasteiger partial charge in [-0.15, -0.1) is 0 Å². The molecule has 0 bridgehead atoms. The lowest BCUT2D eigenvalue weighted by Gasteiger charge is -2.19. The van der Waals surface area contributed by atoms with Gasteiger partial charge in [0.25, 0.3) is 0 Å². The summed E-state index contributed by atoms with van der Waals surface area (Å²) in [7, 11) is -2.55. The van der Waals surface area contributed by atoms with Gasteiger partial charge in [0.2, 0.25) is 10.0 Å². The summed E-state index contributed by atoms with van der Waals surface area (Å²) in [6, 6.07) is 3.22. The number of nitrogens with zero attached hydrogens (tertiary/aromatic N) is 1. The number of aliphatic hydroxyl groups excluding tert-OH is 2. The fraction of sp³-hybridized carbons (Fsp3) is 0.429. The molecule has 7 heteroatoms. The fourth-order valence-corrected chi connectivity index (χ4v) is 3.05. The van der Waals surface area contributed by atoms with Crippen LogP contribution in [-0.4, -0.2) is 49.2 Å². The minimum absolute atomic E-state index is 0.0286. The van der Waals surface area contributed by atoms with Crippen molar-refractivity contribution in [3.8, 4) is 11.8 Å². The molecule has 0 aliphatic heterocycles. The molecule has 1 rings (SSSR count). The van der Waals surface area contributed by atoms with Crippen LogP contribution in [0.1, 0.15) is 18.9 Å². The topological polar surface area (TPSA) is 77.8 Å². The third kappa shape index (κ3) is 4.79. The summed E-state index contributed by atoms with van der Waals surface area (Å²) < 4.78 is 39.1. The van der Waals surface area contributed by atoms with Crippen molar-refractivity contribution in [1.82, 2.24) is 4.31 Å². The monoisotopic (exact) mass is 315 g/mol. The Bertz CT molecular complexity index is 647. The molecule has 0 heterocycles. The highest BCUT2D eigenvalue weighted by molar-refractivity contribution is 7.89. The van der Waals surface area contributed by atoms with Crippen molar-refractivity contribution < 1.29 is 23.0 Å². The van der Waals surface area contributed by atoms with Crippen molar-refractivity contribution >= 4 is 10.0 Å². The molecule has 0 aromatic heterocycles. The Labute approximate surface area is 124 Å². The Kier molecular flexibility index (Phi) is 6.30. The van der Waals surface area contributed by atoms with E-state index in [9.17, 15) is 17.9 Å². The van der Waals surface area contributed by atoms with Gasteiger partial charge in [0.15, 0.2) is 0 Å². The highest BCUT2D eigenvalue weighted by atomic mass is 32.2. The Morgan fingerprint density at radius 3 is 2.67 bits per heavy atom. The number of sulfonamides is 1. The van der Waals surface area contributed by atoms with Gasteiger partial charge in [0.1, 0.15) is 5.82 Å². The van der Waals surface area contributed by atoms with Gasteiger partial charge in [-0.1, -0.05) is 11.8 Å². The number of benzene rings is 1. The summed E-state index contributed by atoms with van der Waals surface area (Å²) in [6.45, 7) is 1.23. The number of likely N-dealkylation sites (N-methyl/N-ethyl adjacent to an activating group) is 1. The van der Waals surface area contributed by atoms with Crippen molar-refractivity contribution in [2.45, 2.75) is 24.3 Å². The van der Waals surface area contributed by atoms with Crippen LogP contribution in [0, 0.1) is 17.7 Å². The number of rotatable bonds is 5. The van der Waals surface area contributed by atoms with Crippen LogP contribution >= 0.6 is 0 Å². The van der Waals surface area contributed by atoms with Crippen molar-refractivity contribution in [1.29, 1.82) is 0 Å². The lowest BCUT2D eigenvalue weighted by atomic mass is 10.2. The van der Waals surface area contributed by atoms with E-state index in [-0.39, 0.29) is 30.0 Å². The summed E-state index contributed by atoms with van der Waals surface area (Å²) in [6.07, 6.45) is -0.659. The van der Waals surface area contributed by atoms with Crippen LogP contribution in [0.5, 0.6) is 0 Å². The van der Waals surface area contributed by atoms with Crippen LogP contribution in [0.2, 0.25) is 0 Å². The molecule has 0 aliphatic rings. The summed E-state index contributed by atoms with van der Waals surface area (Å²) in [4.78, 5) is -0.127. The molecule has 0 radical (unpaired) electrons. The molecule has 1 atom stereocenters. The van der Waals surface area contributed by atoms with Gasteiger partial charge >= 0.3 is 0 Å². The molecular weight excluding hydrogens is 297 g/mol. The second kappa shape index (κ2) is 7.52. The Hall–Kier alpha value is -1.46. The average molecular weight is 315 g/mol. The van der Waals surface area contributed by atoms with Crippen molar-refractivity contribution in [2.24, 2.45) is 0 Å². The summed E-state index contributed by atoms with van der Waals surface area (Å²) in [5.74, 6) is 4.53. The van der Waals surface area contributed by atoms with Crippen molar-refractivity contribution in [2.75, 3.05) is 20.2 Å². The molecule has 0 saturated carbocycles. The van der Waals surface area contributed by atoms with E-state index in [0.717, 1.165) is 22.5 Å². The lowest BCUT2D eigenvalue weighted by molar-refractivity contribution is 0.171. The first kappa shape index (κ1) is 17.6. The standard InChI is InChI=1S/C14H18FNO4S/c1-11(18)10-16(2)21(19,20)14-7-6-13(15)9-12(14)5-3-4-8-17/h6-7,9,11,17-18H,4,8,10H2,1-2H3. The second-order valence-electron chi connectivity index (χ2n) is 4.55. The fourth-order valence-electron chi connectivity index (χ4n) is 1.68. The zero-order chi connectivity index (χ0) is 16.0. The van der Waals surface area contributed by atoms with Gasteiger partial charge in [-0.05, 0) is 25.1 Å². The number of halogens is 1. The third-order valence-electron chi connectivity index (χ3n) is 2.61. The van der Waals surface area contributed by atoms with E-state index in [4.69, 9.17) is 5.11 Å². The predicted octanol–water partition coefficient (Wildman–Crippen LogP) is 0.561. The zero-order valence-corrected chi connectivity index (χ0v) is 12.7. The predicted molar refractivity (Wildman–Crippen MR) is 76.5 cm³/mol. The molecule has 0 fully saturated rings. The van der Waals surface area contributed by atoms with Gasteiger partial charge in [-0.25, -0.2) is 12.8 Å². The smallest absolute Gasteiger partial charge is 0.244 e. The Balaban J connectivity index is 3.26. The normalized spacial score (nSPS) is 12.9. The van der Waals surface area contributed by atoms with Gasteiger partial charge in [0, 0.05) is 25.6 Å². The number of hydrogen-bond donors (Lipinski definition) is 2. The maximum atomic E-state index is 13.3. The second-order valence-corrected chi connectivity index (χ2v) is 6.56. The van der Waals surface area contributed by atoms with E-state index in [2.05, 4.69) is 11.8 Å². The number of aliphatic hydroxyl groups is 2. The molecule has 1 aromatic rings. The molecular formula is C14H18FNO4S. The van der Waals surface area contributed by atoms with Gasteiger partial charge in [-0.3, -0.25) is 0 Å². The minimum Gasteiger partial charge on any atom is -0.395 e. The van der Waals surface area contributed by atoms with E-state index in [1.54, 1.807) is 0 Å². The van der Waals surface area contributed by atoms with Crippen LogP contribution in [0.4, 0.5) is 4.39 Å². The van der Waals surface area contributed by atoms with Gasteiger partial charge < -0.3 is 10.2 Å². The maximum absolute atomic E-state index is 13.3. The van der Waals surface area contributed by atoms with Crippen LogP contribution in [0.3, 0.4) is 0 Å². The summed E-state index contributed by atoms with van der Waals surface area (Å²) >= 11 is 0. The Morgan fingerprint density at radius 2 is 2.10 bits per heavy atom. The van der Waals surface area contributed by atoms with Gasteiger partial charge in [0.05, 0.1) is 17.6 Å². The van der Waals surface area contributed by atoms with Crippen LogP contribution in [-0.2, 0) is 10.0 Å². The molecule has 1 unspecified atom stereocenters. The van der Waals surface area contributed by atoms with Crippen LogP contribution in [0.25, 0.3) is 0 Å². The molecule has 5 nitrogen and oxygen atoms in total. The molecule has 21 heavy (non-hydrogen) atoms. The van der Waals surface area contributed by atoms with Crippen molar-refractivity contribution in [3.05, 3.63) is 29.6 Å². The average Bonchev–Trinajstić information content (AvgIpc) is 2.38. The maximum Gasteiger partial charge on any atom is 0.244 e. The van der Waals surface area contributed by atoms with E-state index in [1.165, 1.54) is 14.0 Å². The first-order chi connectivity index (χ1) is 9.78. The lowest BCUT2D eigenvalue weighted by Crippen LogP contribution is -2.33. The summed E-state index contributed by atoms with van der Waals surface area (Å²) in [5, 5.41) is 18.0. The van der Waals surface area contributed by atoms with E-state index >= 15 is 0 Å². The third-order valence-corrected chi connectivity index (χ3v) is 4.49. The number of hydrogen-bond acceptors (Lipinski definition) is 4. The zero-order valence-electron chi connectivity index (χ0n) is 11.9. The molecule has 0 saturated heterocycles. The molecule has 0 spiro atoms. The van der Waals surface area contributed by atoms with Gasteiger partial charge in [-0.2, -0.15) is 4.31 Å². The van der Waals surface area contributed by atoms with Crippen LogP contribution < -0.4 is 0 Å². The Morgan fingerprint density at radius 1 is 1.43 bits per heavy atom. The largest absolute Gasteiger partial charge is 0.395 e. The van der Waals surface area contributed by atoms with E-state index in [1.807, 2.05) is 0 Å². The molecule has 0 amide bonds. The van der Waals surface area contributed by atoms with Crippen molar-refractivity contribution in [3.63, 3.8) is 0 Å². The molecule has 2 N–H and O–H groups in total. The highest BCUT2D eigenvalue weighted by Crippen LogP contribution is 2.20. The first-order valence-electron chi connectivity index (χ1n) is 6.32. The molecule has 1 aromatic carbocycles. The molecule has 116 valence electrons. The minimum atomic E-state index is -3.88. The van der Waals surface area contributed by atoms with E-state index in [0.29, 0.717) is 0 Å². The molecule has 0 aliphatic carbocycles. The SMILES string of the molecule is CC(O)CN(C)S(=O)(=O)c1ccc(F)cc1C#CCCO. The van der Waals surface area contributed by atoms with E-state index < -0.39 is 21.9 Å².